The van der Waals surface area contributed by atoms with E-state index < -0.39 is 28.9 Å². The normalized spacial score (nSPS) is 12.4. The van der Waals surface area contributed by atoms with Gasteiger partial charge >= 0.3 is 6.18 Å². The van der Waals surface area contributed by atoms with Gasteiger partial charge in [0.2, 0.25) is 0 Å². The van der Waals surface area contributed by atoms with E-state index in [0.29, 0.717) is 6.08 Å². The Morgan fingerprint density at radius 1 is 1.00 bits per heavy atom. The number of rotatable bonds is 3. The van der Waals surface area contributed by atoms with Gasteiger partial charge in [-0.15, -0.1) is 0 Å². The van der Waals surface area contributed by atoms with Crippen LogP contribution in [0, 0.1) is 5.82 Å². The molecule has 0 aromatic heterocycles. The minimum absolute atomic E-state index is 0.0436. The number of carbonyl (C=O) groups excluding carboxylic acids is 1. The van der Waals surface area contributed by atoms with Gasteiger partial charge in [-0.3, -0.25) is 4.79 Å². The third-order valence-electron chi connectivity index (χ3n) is 3.08. The van der Waals surface area contributed by atoms with Crippen LogP contribution in [0.1, 0.15) is 15.9 Å². The van der Waals surface area contributed by atoms with Crippen LogP contribution in [-0.2, 0) is 0 Å². The van der Waals surface area contributed by atoms with Crippen molar-refractivity contribution in [1.29, 1.82) is 0 Å². The molecule has 0 fully saturated rings. The summed E-state index contributed by atoms with van der Waals surface area (Å²) < 4.78 is 53.3. The Balaban J connectivity index is 2.56. The van der Waals surface area contributed by atoms with E-state index in [-0.39, 0.29) is 25.1 Å². The van der Waals surface area contributed by atoms with Crippen LogP contribution in [-0.4, -0.2) is 12.0 Å². The maximum Gasteiger partial charge on any atom is 0.417 e. The van der Waals surface area contributed by atoms with E-state index in [2.05, 4.69) is 15.9 Å². The second-order valence-electron chi connectivity index (χ2n) is 4.80. The molecule has 0 radical (unpaired) electrons. The maximum atomic E-state index is 13.4. The summed E-state index contributed by atoms with van der Waals surface area (Å²) in [5.41, 5.74) is -1.79. The summed E-state index contributed by atoms with van der Waals surface area (Å²) in [6, 6.07) is 5.05. The summed E-state index contributed by atoms with van der Waals surface area (Å²) >= 11 is 20.1. The van der Waals surface area contributed by atoms with Crippen LogP contribution in [0.25, 0.3) is 5.57 Å². The standard InChI is InChI=1S/C16H6BrCl3F4O/c17-10-3-7(1-2-13(10)21)14(25)6-9(16(22,23)24)8-4-11(18)15(20)12(19)5-8/h1-6H/b9-6+. The largest absolute Gasteiger partial charge is 0.417 e. The van der Waals surface area contributed by atoms with Crippen LogP contribution < -0.4 is 0 Å². The number of hydrogen-bond donors (Lipinski definition) is 0. The zero-order valence-electron chi connectivity index (χ0n) is 11.9. The van der Waals surface area contributed by atoms with Gasteiger partial charge in [0.15, 0.2) is 5.78 Å². The highest BCUT2D eigenvalue weighted by molar-refractivity contribution is 9.10. The second-order valence-corrected chi connectivity index (χ2v) is 6.85. The van der Waals surface area contributed by atoms with E-state index in [4.69, 9.17) is 34.8 Å². The van der Waals surface area contributed by atoms with Crippen LogP contribution in [0.15, 0.2) is 40.9 Å². The first kappa shape index (κ1) is 20.2. The predicted molar refractivity (Wildman–Crippen MR) is 93.9 cm³/mol. The lowest BCUT2D eigenvalue weighted by atomic mass is 10.0. The molecular weight excluding hydrogens is 470 g/mol. The van der Waals surface area contributed by atoms with Gasteiger partial charge in [0.1, 0.15) is 5.82 Å². The van der Waals surface area contributed by atoms with Crippen LogP contribution >= 0.6 is 50.7 Å². The minimum atomic E-state index is -4.85. The summed E-state index contributed by atoms with van der Waals surface area (Å²) in [6.07, 6.45) is -4.46. The SMILES string of the molecule is O=C(/C=C(\c1cc(Cl)c(Cl)c(Cl)c1)C(F)(F)F)c1ccc(F)c(Br)c1. The molecule has 2 rings (SSSR count). The minimum Gasteiger partial charge on any atom is -0.289 e. The molecule has 2 aromatic rings. The van der Waals surface area contributed by atoms with Gasteiger partial charge in [-0.25, -0.2) is 4.39 Å². The molecule has 0 N–H and O–H groups in total. The Hall–Kier alpha value is -1.08. The second kappa shape index (κ2) is 7.66. The van der Waals surface area contributed by atoms with E-state index in [1.54, 1.807) is 0 Å². The number of halogens is 8. The van der Waals surface area contributed by atoms with Gasteiger partial charge in [-0.2, -0.15) is 13.2 Å². The van der Waals surface area contributed by atoms with Crippen molar-refractivity contribution in [3.8, 4) is 0 Å². The molecule has 0 aliphatic heterocycles. The molecule has 2 aromatic carbocycles. The fourth-order valence-corrected chi connectivity index (χ4v) is 2.88. The van der Waals surface area contributed by atoms with Gasteiger partial charge in [0.25, 0.3) is 0 Å². The molecule has 25 heavy (non-hydrogen) atoms. The van der Waals surface area contributed by atoms with Crippen molar-refractivity contribution in [2.75, 3.05) is 0 Å². The lowest BCUT2D eigenvalue weighted by Gasteiger charge is -2.13. The van der Waals surface area contributed by atoms with Crippen LogP contribution in [0.2, 0.25) is 15.1 Å². The highest BCUT2D eigenvalue weighted by Gasteiger charge is 2.36. The predicted octanol–water partition coefficient (Wildman–Crippen LogP) is 7.38. The van der Waals surface area contributed by atoms with Crippen LogP contribution in [0.4, 0.5) is 17.6 Å². The average molecular weight is 476 g/mol. The molecular formula is C16H6BrCl3F4O. The Morgan fingerprint density at radius 2 is 1.56 bits per heavy atom. The fourth-order valence-electron chi connectivity index (χ4n) is 1.90. The molecule has 0 unspecified atom stereocenters. The van der Waals surface area contributed by atoms with Crippen molar-refractivity contribution in [3.05, 3.63) is 72.9 Å². The summed E-state index contributed by atoms with van der Waals surface area (Å²) in [5, 5.41) is -0.463. The molecule has 9 heteroatoms. The molecule has 1 nitrogen and oxygen atoms in total. The third-order valence-corrected chi connectivity index (χ3v) is 4.88. The third kappa shape index (κ3) is 4.76. The Morgan fingerprint density at radius 3 is 2.04 bits per heavy atom. The molecule has 0 atom stereocenters. The van der Waals surface area contributed by atoms with Crippen molar-refractivity contribution in [1.82, 2.24) is 0 Å². The maximum absolute atomic E-state index is 13.4. The number of benzene rings is 2. The summed E-state index contributed by atoms with van der Waals surface area (Å²) in [7, 11) is 0. The van der Waals surface area contributed by atoms with Crippen molar-refractivity contribution < 1.29 is 22.4 Å². The number of alkyl halides is 3. The van der Waals surface area contributed by atoms with Crippen molar-refractivity contribution in [3.63, 3.8) is 0 Å². The molecule has 0 spiro atoms. The summed E-state index contributed by atoms with van der Waals surface area (Å²) in [6.45, 7) is 0. The van der Waals surface area contributed by atoms with Gasteiger partial charge in [-0.05, 0) is 57.9 Å². The average Bonchev–Trinajstić information content (AvgIpc) is 2.51. The summed E-state index contributed by atoms with van der Waals surface area (Å²) in [5.74, 6) is -1.61. The highest BCUT2D eigenvalue weighted by Crippen LogP contribution is 2.39. The van der Waals surface area contributed by atoms with E-state index >= 15 is 0 Å². The molecule has 0 saturated heterocycles. The quantitative estimate of drug-likeness (QED) is 0.196. The van der Waals surface area contributed by atoms with E-state index in [1.807, 2.05) is 0 Å². The fraction of sp³-hybridized carbons (Fsp3) is 0.0625. The first-order chi connectivity index (χ1) is 11.5. The molecule has 0 heterocycles. The van der Waals surface area contributed by atoms with Crippen LogP contribution in [0.5, 0.6) is 0 Å². The van der Waals surface area contributed by atoms with Gasteiger partial charge in [0.05, 0.1) is 25.1 Å². The monoisotopic (exact) mass is 474 g/mol. The number of ketones is 1. The van der Waals surface area contributed by atoms with E-state index in [1.165, 1.54) is 0 Å². The number of carbonyl (C=O) groups is 1. The van der Waals surface area contributed by atoms with Gasteiger partial charge < -0.3 is 0 Å². The molecule has 0 aliphatic rings. The molecule has 0 bridgehead atoms. The number of hydrogen-bond acceptors (Lipinski definition) is 1. The molecule has 0 amide bonds. The van der Waals surface area contributed by atoms with E-state index in [0.717, 1.165) is 30.3 Å². The zero-order valence-corrected chi connectivity index (χ0v) is 15.7. The lowest BCUT2D eigenvalue weighted by molar-refractivity contribution is -0.0689. The van der Waals surface area contributed by atoms with Gasteiger partial charge in [0, 0.05) is 5.56 Å². The topological polar surface area (TPSA) is 17.1 Å². The van der Waals surface area contributed by atoms with Crippen LogP contribution in [0.3, 0.4) is 0 Å². The van der Waals surface area contributed by atoms with E-state index in [9.17, 15) is 22.4 Å². The van der Waals surface area contributed by atoms with Crippen molar-refractivity contribution >= 4 is 62.1 Å². The lowest BCUT2D eigenvalue weighted by Crippen LogP contribution is -2.13. The first-order valence-electron chi connectivity index (χ1n) is 6.44. The van der Waals surface area contributed by atoms with Crippen molar-refractivity contribution in [2.24, 2.45) is 0 Å². The molecule has 132 valence electrons. The molecule has 0 saturated carbocycles. The zero-order chi connectivity index (χ0) is 18.9. The Kier molecular flexibility index (Phi) is 6.20. The van der Waals surface area contributed by atoms with Gasteiger partial charge in [-0.1, -0.05) is 34.8 Å². The van der Waals surface area contributed by atoms with Crippen molar-refractivity contribution in [2.45, 2.75) is 6.18 Å². The Labute approximate surface area is 163 Å². The summed E-state index contributed by atoms with van der Waals surface area (Å²) in [4.78, 5) is 12.2. The Bertz CT molecular complexity index is 855. The smallest absolute Gasteiger partial charge is 0.289 e. The highest BCUT2D eigenvalue weighted by atomic mass is 79.9. The molecule has 0 aliphatic carbocycles. The first-order valence-corrected chi connectivity index (χ1v) is 8.36. The number of allylic oxidation sites excluding steroid dienone is 2.